The van der Waals surface area contributed by atoms with Gasteiger partial charge in [-0.05, 0) is 114 Å². The fourth-order valence-corrected chi connectivity index (χ4v) is 5.67. The van der Waals surface area contributed by atoms with Gasteiger partial charge in [0.2, 0.25) is 11.8 Å². The number of carbonyl (C=O) groups is 6. The second kappa shape index (κ2) is 19.5. The molecule has 4 rings (SSSR count). The number of rotatable bonds is 12. The van der Waals surface area contributed by atoms with Crippen molar-refractivity contribution >= 4 is 35.5 Å². The van der Waals surface area contributed by atoms with Crippen LogP contribution in [-0.2, 0) is 0 Å². The molecule has 60 heavy (non-hydrogen) atoms. The summed E-state index contributed by atoms with van der Waals surface area (Å²) in [4.78, 5) is 72.7. The van der Waals surface area contributed by atoms with Crippen LogP contribution in [0.4, 0.5) is 8.78 Å². The van der Waals surface area contributed by atoms with Crippen LogP contribution in [0.5, 0.6) is 0 Å². The van der Waals surface area contributed by atoms with Gasteiger partial charge in [-0.1, -0.05) is 53.7 Å². The van der Waals surface area contributed by atoms with Crippen molar-refractivity contribution in [2.75, 3.05) is 19.7 Å². The molecule has 0 aliphatic carbocycles. The average molecular weight is 830 g/mol. The van der Waals surface area contributed by atoms with Crippen LogP contribution in [0.25, 0.3) is 22.3 Å². The first-order chi connectivity index (χ1) is 27.7. The normalized spacial score (nSPS) is 11.7. The van der Waals surface area contributed by atoms with Gasteiger partial charge >= 0.3 is 5.97 Å². The Kier molecular flexibility index (Phi) is 15.6. The molecule has 4 aromatic carbocycles. The Morgan fingerprint density at radius 1 is 0.600 bits per heavy atom. The summed E-state index contributed by atoms with van der Waals surface area (Å²) in [7, 11) is 0. The quantitative estimate of drug-likeness (QED) is 0.0872. The molecule has 0 saturated heterocycles. The molecule has 0 saturated carbocycles. The van der Waals surface area contributed by atoms with Crippen molar-refractivity contribution in [2.45, 2.75) is 68.4 Å². The van der Waals surface area contributed by atoms with E-state index >= 15 is 0 Å². The first-order valence-corrected chi connectivity index (χ1v) is 18.9. The van der Waals surface area contributed by atoms with Crippen LogP contribution in [0.3, 0.4) is 0 Å². The van der Waals surface area contributed by atoms with Gasteiger partial charge in [0, 0.05) is 46.9 Å². The topological polar surface area (TPSA) is 231 Å². The summed E-state index contributed by atoms with van der Waals surface area (Å²) in [6, 6.07) is 12.9. The fraction of sp³-hybridized carbons (Fsp3) is 0.333. The number of hydrogen-bond acceptors (Lipinski definition) is 7. The fourth-order valence-electron chi connectivity index (χ4n) is 5.67. The van der Waals surface area contributed by atoms with Gasteiger partial charge in [-0.2, -0.15) is 0 Å². The minimum Gasteiger partial charge on any atom is -0.478 e. The van der Waals surface area contributed by atoms with Crippen LogP contribution in [0.15, 0.2) is 60.7 Å². The van der Waals surface area contributed by atoms with Gasteiger partial charge in [-0.15, -0.1) is 0 Å². The second-order valence-corrected chi connectivity index (χ2v) is 16.9. The number of carboxylic acids is 1. The summed E-state index contributed by atoms with van der Waals surface area (Å²) in [5.41, 5.74) is 12.6. The molecule has 0 heterocycles. The molecule has 0 aliphatic heterocycles. The molecule has 0 unspecified atom stereocenters. The predicted octanol–water partition coefficient (Wildman–Crippen LogP) is 6.16. The molecule has 4 aromatic rings. The summed E-state index contributed by atoms with van der Waals surface area (Å²) >= 11 is 0. The van der Waals surface area contributed by atoms with E-state index in [0.717, 1.165) is 12.1 Å². The number of halogens is 2. The van der Waals surface area contributed by atoms with Crippen molar-refractivity contribution in [3.63, 3.8) is 0 Å². The molecule has 320 valence electrons. The van der Waals surface area contributed by atoms with Crippen LogP contribution >= 0.6 is 0 Å². The van der Waals surface area contributed by atoms with Gasteiger partial charge in [-0.3, -0.25) is 24.0 Å². The molecular formula is C45H53F2N5O8. The zero-order chi connectivity index (χ0) is 45.4. The maximum absolute atomic E-state index is 14.6. The van der Waals surface area contributed by atoms with E-state index in [-0.39, 0.29) is 84.9 Å². The number of amides is 5. The summed E-state index contributed by atoms with van der Waals surface area (Å²) < 4.78 is 28.8. The maximum atomic E-state index is 14.6. The summed E-state index contributed by atoms with van der Waals surface area (Å²) in [6.07, 6.45) is 0. The van der Waals surface area contributed by atoms with Crippen molar-refractivity contribution < 1.29 is 47.8 Å². The lowest BCUT2D eigenvalue weighted by Gasteiger charge is -2.19. The summed E-state index contributed by atoms with van der Waals surface area (Å²) in [5.74, 6) is -5.52. The highest BCUT2D eigenvalue weighted by molar-refractivity contribution is 6.06. The number of benzene rings is 4. The third-order valence-electron chi connectivity index (χ3n) is 9.08. The zero-order valence-electron chi connectivity index (χ0n) is 35.2. The molecule has 0 aromatic heterocycles. The maximum Gasteiger partial charge on any atom is 0.335 e. The highest BCUT2D eigenvalue weighted by atomic mass is 19.1. The Morgan fingerprint density at radius 2 is 0.983 bits per heavy atom. The lowest BCUT2D eigenvalue weighted by Crippen LogP contribution is -2.35. The molecule has 0 radical (unpaired) electrons. The van der Waals surface area contributed by atoms with Crippen LogP contribution in [0.1, 0.15) is 122 Å². The Morgan fingerprint density at radius 3 is 1.33 bits per heavy atom. The number of carbonyl (C=O) groups excluding carboxylic acids is 5. The van der Waals surface area contributed by atoms with Crippen molar-refractivity contribution in [1.29, 1.82) is 0 Å². The molecule has 13 nitrogen and oxygen atoms in total. The van der Waals surface area contributed by atoms with Crippen LogP contribution in [-0.4, -0.2) is 71.5 Å². The van der Waals surface area contributed by atoms with Gasteiger partial charge in [0.05, 0.1) is 12.2 Å². The van der Waals surface area contributed by atoms with Crippen molar-refractivity contribution in [3.05, 3.63) is 117 Å². The third kappa shape index (κ3) is 12.8. The smallest absolute Gasteiger partial charge is 0.335 e. The molecule has 5 amide bonds. The molecular weight excluding hydrogens is 777 g/mol. The SMILES string of the molecule is Cc1c(F)cc(C(=O)N[C@H](C)CO)cc1-c1ccc(C(=O)NCC(C)(C)C)cc1C(N)=O.Cc1c(F)cc(C(=O)O)cc1-c1ccc(C(=O)NCC(C)(C)C)cc1C(N)=O. The largest absolute Gasteiger partial charge is 0.478 e. The Balaban J connectivity index is 0.000000323. The first kappa shape index (κ1) is 47.9. The number of nitrogens with two attached hydrogens (primary N) is 2. The standard InChI is InChI=1S/C24H30FN3O4.C21H23FN2O4/c1-13(11-29)28-23(32)16-9-18(14(2)20(25)10-16)17-7-6-15(8-19(17)21(26)30)22(31)27-12-24(3,4)5;1-11-15(8-13(20(27)28)9-17(11)22)14-6-5-12(7-16(14)18(23)25)19(26)24-10-21(2,3)4/h6-10,13,29H,11-12H2,1-5H3,(H2,26,30)(H,27,31)(H,28,32);5-9H,10H2,1-4H3,(H2,23,25)(H,24,26)(H,27,28)/t13-;/m1./s1. The van der Waals surface area contributed by atoms with Crippen LogP contribution in [0.2, 0.25) is 0 Å². The third-order valence-corrected chi connectivity index (χ3v) is 9.08. The molecule has 0 spiro atoms. The molecule has 9 N–H and O–H groups in total. The van der Waals surface area contributed by atoms with E-state index in [1.165, 1.54) is 62.4 Å². The highest BCUT2D eigenvalue weighted by Gasteiger charge is 2.23. The Hall–Kier alpha value is -6.48. The number of aliphatic hydroxyl groups is 1. The molecule has 0 fully saturated rings. The number of carboxylic acid groups (broad SMARTS) is 1. The lowest BCUT2D eigenvalue weighted by molar-refractivity contribution is 0.0695. The Bertz CT molecular complexity index is 2330. The van der Waals surface area contributed by atoms with E-state index in [0.29, 0.717) is 24.2 Å². The number of hydrogen-bond donors (Lipinski definition) is 7. The molecule has 1 atom stereocenters. The second-order valence-electron chi connectivity index (χ2n) is 16.9. The summed E-state index contributed by atoms with van der Waals surface area (Å²) in [5, 5.41) is 26.5. The monoisotopic (exact) mass is 829 g/mol. The highest BCUT2D eigenvalue weighted by Crippen LogP contribution is 2.32. The average Bonchev–Trinajstić information content (AvgIpc) is 3.16. The number of aromatic carboxylic acids is 1. The van der Waals surface area contributed by atoms with E-state index in [9.17, 15) is 42.7 Å². The van der Waals surface area contributed by atoms with Gasteiger partial charge in [0.15, 0.2) is 0 Å². The van der Waals surface area contributed by atoms with Crippen molar-refractivity contribution in [1.82, 2.24) is 16.0 Å². The molecule has 0 bridgehead atoms. The van der Waals surface area contributed by atoms with Gasteiger partial charge in [-0.25, -0.2) is 13.6 Å². The van der Waals surface area contributed by atoms with Crippen molar-refractivity contribution in [3.8, 4) is 22.3 Å². The van der Waals surface area contributed by atoms with E-state index in [4.69, 9.17) is 16.6 Å². The van der Waals surface area contributed by atoms with E-state index < -0.39 is 41.4 Å². The number of nitrogens with one attached hydrogen (secondary N) is 3. The van der Waals surface area contributed by atoms with Crippen LogP contribution in [0, 0.1) is 36.3 Å². The number of primary amides is 2. The minimum atomic E-state index is -1.29. The predicted molar refractivity (Wildman–Crippen MR) is 225 cm³/mol. The first-order valence-electron chi connectivity index (χ1n) is 18.9. The summed E-state index contributed by atoms with van der Waals surface area (Å²) in [6.45, 7) is 17.1. The molecule has 0 aliphatic rings. The molecule has 15 heteroatoms. The van der Waals surface area contributed by atoms with Gasteiger partial charge < -0.3 is 37.6 Å². The van der Waals surface area contributed by atoms with Gasteiger partial charge in [0.25, 0.3) is 17.7 Å². The van der Waals surface area contributed by atoms with E-state index in [1.54, 1.807) is 6.92 Å². The van der Waals surface area contributed by atoms with Gasteiger partial charge in [0.1, 0.15) is 11.6 Å². The number of aliphatic hydroxyl groups excluding tert-OH is 1. The van der Waals surface area contributed by atoms with E-state index in [1.807, 2.05) is 41.5 Å². The lowest BCUT2D eigenvalue weighted by atomic mass is 9.91. The minimum absolute atomic E-state index is 0.00782. The van der Waals surface area contributed by atoms with Crippen LogP contribution < -0.4 is 27.4 Å². The van der Waals surface area contributed by atoms with Crippen molar-refractivity contribution in [2.24, 2.45) is 22.3 Å². The zero-order valence-corrected chi connectivity index (χ0v) is 35.2. The Labute approximate surface area is 347 Å². The van der Waals surface area contributed by atoms with E-state index in [2.05, 4.69) is 16.0 Å².